The Hall–Kier alpha value is -2.52. The standard InChI is InChI=1S/C24H17BrClF2NO3S/c1-13-2-7-17(8-3-13)33(31,32)29-21-10-14-4-5-15(27)11-18(14)23(25)22(21)24(30)19-12-16(28)6-9-20(19)26/h2-12,24,29-30H,1H3. The highest BCUT2D eigenvalue weighted by Crippen LogP contribution is 2.42. The molecule has 0 saturated heterocycles. The summed E-state index contributed by atoms with van der Waals surface area (Å²) in [7, 11) is -4.04. The van der Waals surface area contributed by atoms with Crippen LogP contribution in [0.2, 0.25) is 5.02 Å². The van der Waals surface area contributed by atoms with E-state index >= 15 is 0 Å². The summed E-state index contributed by atoms with van der Waals surface area (Å²) in [5.41, 5.74) is 1.02. The van der Waals surface area contributed by atoms with Gasteiger partial charge in [0.05, 0.1) is 10.6 Å². The van der Waals surface area contributed by atoms with Gasteiger partial charge in [-0.15, -0.1) is 0 Å². The van der Waals surface area contributed by atoms with Crippen molar-refractivity contribution in [2.24, 2.45) is 0 Å². The third kappa shape index (κ3) is 4.75. The molecule has 0 aliphatic heterocycles. The van der Waals surface area contributed by atoms with E-state index in [4.69, 9.17) is 11.6 Å². The van der Waals surface area contributed by atoms with Crippen molar-refractivity contribution in [2.45, 2.75) is 17.9 Å². The molecule has 170 valence electrons. The molecule has 4 nitrogen and oxygen atoms in total. The lowest BCUT2D eigenvalue weighted by Gasteiger charge is -2.21. The van der Waals surface area contributed by atoms with E-state index in [1.807, 2.05) is 6.92 Å². The van der Waals surface area contributed by atoms with Gasteiger partial charge >= 0.3 is 0 Å². The quantitative estimate of drug-likeness (QED) is 0.289. The molecule has 4 rings (SSSR count). The third-order valence-electron chi connectivity index (χ3n) is 5.18. The fourth-order valence-corrected chi connectivity index (χ4v) is 5.56. The molecular formula is C24H17BrClF2NO3S. The van der Waals surface area contributed by atoms with Gasteiger partial charge in [0, 0.05) is 20.6 Å². The fourth-order valence-electron chi connectivity index (χ4n) is 3.49. The summed E-state index contributed by atoms with van der Waals surface area (Å²) in [6, 6.07) is 15.2. The maximum absolute atomic E-state index is 13.9. The molecule has 0 aliphatic carbocycles. The Balaban J connectivity index is 1.94. The average Bonchev–Trinajstić information content (AvgIpc) is 2.76. The second kappa shape index (κ2) is 9.02. The van der Waals surface area contributed by atoms with Crippen LogP contribution in [0.25, 0.3) is 10.8 Å². The number of rotatable bonds is 5. The molecular weight excluding hydrogens is 536 g/mol. The van der Waals surface area contributed by atoms with Crippen molar-refractivity contribution >= 4 is 54.0 Å². The van der Waals surface area contributed by atoms with Gasteiger partial charge in [-0.1, -0.05) is 35.4 Å². The second-order valence-electron chi connectivity index (χ2n) is 7.50. The average molecular weight is 553 g/mol. The molecule has 0 heterocycles. The van der Waals surface area contributed by atoms with E-state index in [0.717, 1.165) is 17.7 Å². The van der Waals surface area contributed by atoms with Gasteiger partial charge in [-0.2, -0.15) is 0 Å². The number of aliphatic hydroxyl groups is 1. The lowest BCUT2D eigenvalue weighted by atomic mass is 9.96. The number of nitrogens with one attached hydrogen (secondary N) is 1. The van der Waals surface area contributed by atoms with E-state index in [1.54, 1.807) is 12.1 Å². The number of sulfonamides is 1. The molecule has 1 unspecified atom stereocenters. The van der Waals surface area contributed by atoms with Crippen LogP contribution in [0.4, 0.5) is 14.5 Å². The molecule has 0 radical (unpaired) electrons. The first-order chi connectivity index (χ1) is 15.6. The zero-order chi connectivity index (χ0) is 23.9. The molecule has 2 N–H and O–H groups in total. The first kappa shape index (κ1) is 23.6. The van der Waals surface area contributed by atoms with E-state index < -0.39 is 27.8 Å². The Labute approximate surface area is 203 Å². The SMILES string of the molecule is Cc1ccc(S(=O)(=O)Nc2cc3ccc(F)cc3c(Br)c2C(O)c2cc(F)ccc2Cl)cc1. The zero-order valence-corrected chi connectivity index (χ0v) is 20.3. The summed E-state index contributed by atoms with van der Waals surface area (Å²) < 4.78 is 56.8. The van der Waals surface area contributed by atoms with Crippen LogP contribution < -0.4 is 4.72 Å². The van der Waals surface area contributed by atoms with Gasteiger partial charge in [-0.05, 0) is 82.2 Å². The lowest BCUT2D eigenvalue weighted by molar-refractivity contribution is 0.220. The van der Waals surface area contributed by atoms with Crippen molar-refractivity contribution in [3.8, 4) is 0 Å². The highest BCUT2D eigenvalue weighted by Gasteiger charge is 2.26. The fraction of sp³-hybridized carbons (Fsp3) is 0.0833. The zero-order valence-electron chi connectivity index (χ0n) is 17.1. The number of benzene rings is 4. The molecule has 4 aromatic rings. The topological polar surface area (TPSA) is 66.4 Å². The highest BCUT2D eigenvalue weighted by atomic mass is 79.9. The van der Waals surface area contributed by atoms with E-state index in [0.29, 0.717) is 10.8 Å². The number of hydrogen-bond donors (Lipinski definition) is 2. The summed E-state index contributed by atoms with van der Waals surface area (Å²) in [6.07, 6.45) is -1.52. The molecule has 0 spiro atoms. The van der Waals surface area contributed by atoms with Gasteiger partial charge in [0.1, 0.15) is 17.7 Å². The van der Waals surface area contributed by atoms with Gasteiger partial charge in [0.25, 0.3) is 10.0 Å². The van der Waals surface area contributed by atoms with Gasteiger partial charge in [0.15, 0.2) is 0 Å². The number of halogens is 4. The van der Waals surface area contributed by atoms with Crippen molar-refractivity contribution in [2.75, 3.05) is 4.72 Å². The molecule has 0 fully saturated rings. The highest BCUT2D eigenvalue weighted by molar-refractivity contribution is 9.10. The van der Waals surface area contributed by atoms with Gasteiger partial charge in [-0.25, -0.2) is 17.2 Å². The molecule has 9 heteroatoms. The van der Waals surface area contributed by atoms with Crippen molar-refractivity contribution < 1.29 is 22.3 Å². The predicted octanol–water partition coefficient (Wildman–Crippen LogP) is 6.72. The van der Waals surface area contributed by atoms with Crippen LogP contribution in [-0.4, -0.2) is 13.5 Å². The predicted molar refractivity (Wildman–Crippen MR) is 129 cm³/mol. The van der Waals surface area contributed by atoms with E-state index in [2.05, 4.69) is 20.7 Å². The second-order valence-corrected chi connectivity index (χ2v) is 10.4. The lowest BCUT2D eigenvalue weighted by Crippen LogP contribution is -2.16. The molecule has 0 bridgehead atoms. The van der Waals surface area contributed by atoms with Crippen LogP contribution in [0.15, 0.2) is 76.1 Å². The minimum Gasteiger partial charge on any atom is -0.383 e. The molecule has 4 aromatic carbocycles. The minimum atomic E-state index is -4.04. The van der Waals surface area contributed by atoms with Crippen LogP contribution in [0, 0.1) is 18.6 Å². The Morgan fingerprint density at radius 3 is 2.30 bits per heavy atom. The summed E-state index contributed by atoms with van der Waals surface area (Å²) in [5.74, 6) is -1.14. The normalized spacial score (nSPS) is 12.7. The van der Waals surface area contributed by atoms with E-state index in [1.165, 1.54) is 42.5 Å². The molecule has 0 aromatic heterocycles. The van der Waals surface area contributed by atoms with Crippen LogP contribution in [0.5, 0.6) is 0 Å². The Kier molecular flexibility index (Phi) is 6.46. The van der Waals surface area contributed by atoms with Crippen molar-refractivity contribution in [3.05, 3.63) is 105 Å². The molecule has 0 amide bonds. The van der Waals surface area contributed by atoms with Crippen molar-refractivity contribution in [3.63, 3.8) is 0 Å². The monoisotopic (exact) mass is 551 g/mol. The van der Waals surface area contributed by atoms with Crippen molar-refractivity contribution in [1.29, 1.82) is 0 Å². The number of aryl methyl sites for hydroxylation is 1. The molecule has 33 heavy (non-hydrogen) atoms. The van der Waals surface area contributed by atoms with Gasteiger partial charge in [-0.3, -0.25) is 4.72 Å². The number of fused-ring (bicyclic) bond motifs is 1. The Morgan fingerprint density at radius 1 is 0.970 bits per heavy atom. The maximum atomic E-state index is 13.9. The van der Waals surface area contributed by atoms with E-state index in [9.17, 15) is 22.3 Å². The van der Waals surface area contributed by atoms with Crippen LogP contribution in [0.3, 0.4) is 0 Å². The summed E-state index contributed by atoms with van der Waals surface area (Å²) in [4.78, 5) is 0.0210. The van der Waals surface area contributed by atoms with Crippen molar-refractivity contribution in [1.82, 2.24) is 0 Å². The van der Waals surface area contributed by atoms with Crippen LogP contribution in [-0.2, 0) is 10.0 Å². The van der Waals surface area contributed by atoms with Gasteiger partial charge in [0.2, 0.25) is 0 Å². The number of aliphatic hydroxyl groups excluding tert-OH is 1. The van der Waals surface area contributed by atoms with Crippen LogP contribution >= 0.6 is 27.5 Å². The summed E-state index contributed by atoms with van der Waals surface area (Å²) >= 11 is 9.58. The first-order valence-corrected chi connectivity index (χ1v) is 12.4. The van der Waals surface area contributed by atoms with Gasteiger partial charge < -0.3 is 5.11 Å². The summed E-state index contributed by atoms with van der Waals surface area (Å²) in [6.45, 7) is 1.83. The van der Waals surface area contributed by atoms with Crippen LogP contribution in [0.1, 0.15) is 22.8 Å². The largest absolute Gasteiger partial charge is 0.383 e. The smallest absolute Gasteiger partial charge is 0.261 e. The Bertz CT molecular complexity index is 1480. The summed E-state index contributed by atoms with van der Waals surface area (Å²) in [5, 5.41) is 12.2. The molecule has 0 aliphatic rings. The number of anilines is 1. The minimum absolute atomic E-state index is 0.0210. The maximum Gasteiger partial charge on any atom is 0.261 e. The molecule has 0 saturated carbocycles. The number of hydrogen-bond acceptors (Lipinski definition) is 3. The van der Waals surface area contributed by atoms with E-state index in [-0.39, 0.29) is 31.2 Å². The third-order valence-corrected chi connectivity index (χ3v) is 7.76. The Morgan fingerprint density at radius 2 is 1.61 bits per heavy atom. The first-order valence-electron chi connectivity index (χ1n) is 9.71. The molecule has 1 atom stereocenters.